The van der Waals surface area contributed by atoms with Crippen LogP contribution in [0.1, 0.15) is 34.7 Å². The van der Waals surface area contributed by atoms with Crippen LogP contribution in [0.15, 0.2) is 90.0 Å². The van der Waals surface area contributed by atoms with Gasteiger partial charge in [-0.2, -0.15) is 0 Å². The van der Waals surface area contributed by atoms with E-state index in [1.165, 1.54) is 0 Å². The fraction of sp³-hybridized carbons (Fsp3) is 0.400. The van der Waals surface area contributed by atoms with Crippen molar-refractivity contribution in [2.75, 3.05) is 52.5 Å². The summed E-state index contributed by atoms with van der Waals surface area (Å²) >= 11 is 0. The number of hydrogen-bond donors (Lipinski definition) is 2. The Hall–Kier alpha value is -4.81. The minimum Gasteiger partial charge on any atom is -0.490 e. The zero-order chi connectivity index (χ0) is 32.5. The van der Waals surface area contributed by atoms with Crippen molar-refractivity contribution in [2.45, 2.75) is 37.3 Å². The van der Waals surface area contributed by atoms with Gasteiger partial charge in [0.1, 0.15) is 30.5 Å². The van der Waals surface area contributed by atoms with Crippen LogP contribution >= 0.6 is 0 Å². The molecule has 47 heavy (non-hydrogen) atoms. The molecule has 2 unspecified atom stereocenters. The Morgan fingerprint density at radius 1 is 0.851 bits per heavy atom. The van der Waals surface area contributed by atoms with E-state index in [1.54, 1.807) is 42.7 Å². The van der Waals surface area contributed by atoms with Gasteiger partial charge in [0.25, 0.3) is 5.91 Å². The van der Waals surface area contributed by atoms with Gasteiger partial charge in [-0.25, -0.2) is 0 Å². The summed E-state index contributed by atoms with van der Waals surface area (Å²) in [6, 6.07) is 19.2. The van der Waals surface area contributed by atoms with Crippen molar-refractivity contribution in [2.24, 2.45) is 0 Å². The summed E-state index contributed by atoms with van der Waals surface area (Å²) in [5.74, 6) is 2.18. The lowest BCUT2D eigenvalue weighted by Gasteiger charge is -2.38. The molecule has 2 saturated heterocycles. The Balaban J connectivity index is 0.000000166. The van der Waals surface area contributed by atoms with E-state index in [2.05, 4.69) is 37.9 Å². The Labute approximate surface area is 274 Å². The number of ether oxygens (including phenoxy) is 2. The highest BCUT2D eigenvalue weighted by Crippen LogP contribution is 2.49. The fourth-order valence-corrected chi connectivity index (χ4v) is 6.00. The molecular formula is C35H41N7O5. The number of pyridine rings is 2. The fourth-order valence-electron chi connectivity index (χ4n) is 6.00. The lowest BCUT2D eigenvalue weighted by atomic mass is 9.93. The van der Waals surface area contributed by atoms with Crippen LogP contribution in [0.2, 0.25) is 0 Å². The molecule has 5 heterocycles. The summed E-state index contributed by atoms with van der Waals surface area (Å²) in [5.41, 5.74) is 1.17. The molecule has 1 aliphatic carbocycles. The summed E-state index contributed by atoms with van der Waals surface area (Å²) in [7, 11) is 0. The number of aryl methyl sites for hydroxylation is 1. The van der Waals surface area contributed by atoms with E-state index in [4.69, 9.17) is 14.0 Å². The highest BCUT2D eigenvalue weighted by atomic mass is 16.5. The molecule has 3 fully saturated rings. The van der Waals surface area contributed by atoms with Crippen molar-refractivity contribution in [3.8, 4) is 11.5 Å². The summed E-state index contributed by atoms with van der Waals surface area (Å²) in [6.45, 7) is 7.03. The number of carbonyl (C=O) groups excluding carboxylic acids is 2. The molecule has 12 nitrogen and oxygen atoms in total. The number of hydrogen-bond acceptors (Lipinski definition) is 10. The Bertz CT molecular complexity index is 1580. The first-order valence-corrected chi connectivity index (χ1v) is 16.1. The van der Waals surface area contributed by atoms with Crippen LogP contribution in [-0.4, -0.2) is 101 Å². The van der Waals surface area contributed by atoms with Gasteiger partial charge in [-0.15, -0.1) is 0 Å². The van der Waals surface area contributed by atoms with E-state index >= 15 is 0 Å². The van der Waals surface area contributed by atoms with Gasteiger partial charge < -0.3 is 34.4 Å². The van der Waals surface area contributed by atoms with Gasteiger partial charge in [-0.05, 0) is 49.6 Å². The number of nitrogens with zero attached hydrogens (tertiary/aromatic N) is 5. The molecular weight excluding hydrogens is 598 g/mol. The van der Waals surface area contributed by atoms with Crippen molar-refractivity contribution in [3.05, 3.63) is 102 Å². The SMILES string of the molecule is Cc1cc(C(=O)N2CCNCC2COc2cccnc2)no1.O=C(N1CCNCC1COc1cccnc1)C1(c2ccccc2)CC1. The molecule has 2 atom stereocenters. The Morgan fingerprint density at radius 3 is 1.98 bits per heavy atom. The van der Waals surface area contributed by atoms with Gasteiger partial charge in [0.2, 0.25) is 5.91 Å². The lowest BCUT2D eigenvalue weighted by molar-refractivity contribution is -0.138. The smallest absolute Gasteiger partial charge is 0.276 e. The minimum absolute atomic E-state index is 0.0441. The average molecular weight is 640 g/mol. The van der Waals surface area contributed by atoms with Gasteiger partial charge in [-0.3, -0.25) is 19.6 Å². The first-order chi connectivity index (χ1) is 23.0. The van der Waals surface area contributed by atoms with Crippen molar-refractivity contribution in [1.82, 2.24) is 35.6 Å². The van der Waals surface area contributed by atoms with Crippen LogP contribution in [0.4, 0.5) is 0 Å². The zero-order valence-electron chi connectivity index (χ0n) is 26.6. The molecule has 246 valence electrons. The first-order valence-electron chi connectivity index (χ1n) is 16.1. The van der Waals surface area contributed by atoms with Gasteiger partial charge in [0.15, 0.2) is 5.69 Å². The van der Waals surface area contributed by atoms with E-state index in [1.807, 2.05) is 47.4 Å². The van der Waals surface area contributed by atoms with E-state index in [0.717, 1.165) is 50.3 Å². The Kier molecular flexibility index (Phi) is 10.4. The van der Waals surface area contributed by atoms with E-state index < -0.39 is 0 Å². The van der Waals surface area contributed by atoms with Crippen molar-refractivity contribution < 1.29 is 23.6 Å². The molecule has 2 N–H and O–H groups in total. The first kappa shape index (κ1) is 32.1. The molecule has 0 radical (unpaired) electrons. The molecule has 0 bridgehead atoms. The predicted molar refractivity (Wildman–Crippen MR) is 174 cm³/mol. The monoisotopic (exact) mass is 639 g/mol. The maximum atomic E-state index is 13.3. The summed E-state index contributed by atoms with van der Waals surface area (Å²) in [4.78, 5) is 37.8. The average Bonchev–Trinajstić information content (AvgIpc) is 3.84. The lowest BCUT2D eigenvalue weighted by Crippen LogP contribution is -2.58. The van der Waals surface area contributed by atoms with Crippen LogP contribution in [0.25, 0.3) is 0 Å². The van der Waals surface area contributed by atoms with Crippen molar-refractivity contribution >= 4 is 11.8 Å². The zero-order valence-corrected chi connectivity index (χ0v) is 26.6. The standard InChI is InChI=1S/C20H23N3O2.C15H18N4O3/c24-19(20(8-9-20)16-5-2-1-3-6-16)23-12-11-22-13-17(23)15-25-18-7-4-10-21-14-18;1-11-7-14(18-22-11)15(20)19-6-5-17-8-12(19)10-21-13-3-2-4-16-9-13/h1-7,10,14,17,22H,8-9,11-13,15H2;2-4,7,9,12,17H,5-6,8,10H2,1H3. The third-order valence-corrected chi connectivity index (χ3v) is 8.71. The van der Waals surface area contributed by atoms with Crippen LogP contribution in [0.5, 0.6) is 11.5 Å². The van der Waals surface area contributed by atoms with Crippen LogP contribution in [0, 0.1) is 6.92 Å². The molecule has 2 aliphatic heterocycles. The third kappa shape index (κ3) is 7.95. The summed E-state index contributed by atoms with van der Waals surface area (Å²) in [6.07, 6.45) is 8.66. The largest absolute Gasteiger partial charge is 0.490 e. The second kappa shape index (κ2) is 15.2. The highest BCUT2D eigenvalue weighted by Gasteiger charge is 2.54. The van der Waals surface area contributed by atoms with Gasteiger partial charge >= 0.3 is 0 Å². The topological polar surface area (TPSA) is 135 Å². The van der Waals surface area contributed by atoms with Gasteiger partial charge in [0.05, 0.1) is 29.9 Å². The van der Waals surface area contributed by atoms with Gasteiger partial charge in [0, 0.05) is 57.7 Å². The van der Waals surface area contributed by atoms with Crippen LogP contribution in [-0.2, 0) is 10.2 Å². The third-order valence-electron chi connectivity index (χ3n) is 8.71. The number of carbonyl (C=O) groups is 2. The number of benzene rings is 1. The Morgan fingerprint density at radius 2 is 1.45 bits per heavy atom. The second-order valence-electron chi connectivity index (χ2n) is 12.0. The van der Waals surface area contributed by atoms with Crippen LogP contribution in [0.3, 0.4) is 0 Å². The van der Waals surface area contributed by atoms with Gasteiger partial charge in [-0.1, -0.05) is 35.5 Å². The predicted octanol–water partition coefficient (Wildman–Crippen LogP) is 2.86. The van der Waals surface area contributed by atoms with E-state index in [-0.39, 0.29) is 29.3 Å². The molecule has 12 heteroatoms. The minimum atomic E-state index is -0.314. The maximum absolute atomic E-state index is 13.3. The molecule has 1 saturated carbocycles. The molecule has 0 spiro atoms. The maximum Gasteiger partial charge on any atom is 0.276 e. The summed E-state index contributed by atoms with van der Waals surface area (Å²) in [5, 5.41) is 10.5. The van der Waals surface area contributed by atoms with Crippen LogP contribution < -0.4 is 20.1 Å². The van der Waals surface area contributed by atoms with E-state index in [0.29, 0.717) is 43.5 Å². The molecule has 7 rings (SSSR count). The normalized spacial score (nSPS) is 20.0. The molecule has 3 aromatic heterocycles. The highest BCUT2D eigenvalue weighted by molar-refractivity contribution is 5.92. The van der Waals surface area contributed by atoms with E-state index in [9.17, 15) is 9.59 Å². The molecule has 3 aliphatic rings. The number of amides is 2. The quantitative estimate of drug-likeness (QED) is 0.282. The van der Waals surface area contributed by atoms with Crippen molar-refractivity contribution in [3.63, 3.8) is 0 Å². The number of aromatic nitrogens is 3. The summed E-state index contributed by atoms with van der Waals surface area (Å²) < 4.78 is 16.6. The molecule has 4 aromatic rings. The molecule has 1 aromatic carbocycles. The number of nitrogens with one attached hydrogen (secondary N) is 2. The van der Waals surface area contributed by atoms with Crippen molar-refractivity contribution in [1.29, 1.82) is 0 Å². The second-order valence-corrected chi connectivity index (χ2v) is 12.0. The number of piperazine rings is 2. The number of rotatable bonds is 9. The molecule has 2 amide bonds.